The molecule has 7 nitrogen and oxygen atoms in total. The van der Waals surface area contributed by atoms with Gasteiger partial charge < -0.3 is 10.1 Å². The highest BCUT2D eigenvalue weighted by molar-refractivity contribution is 7.89. The molecule has 0 aliphatic carbocycles. The third kappa shape index (κ3) is 5.06. The molecule has 1 N–H and O–H groups in total. The smallest absolute Gasteiger partial charge is 0.338 e. The van der Waals surface area contributed by atoms with Crippen molar-refractivity contribution < 1.29 is 22.7 Å². The van der Waals surface area contributed by atoms with Crippen molar-refractivity contribution in [1.82, 2.24) is 4.31 Å². The second-order valence-corrected chi connectivity index (χ2v) is 9.30. The van der Waals surface area contributed by atoms with Crippen molar-refractivity contribution in [2.75, 3.05) is 25.0 Å². The van der Waals surface area contributed by atoms with Gasteiger partial charge in [0.05, 0.1) is 10.5 Å². The van der Waals surface area contributed by atoms with Gasteiger partial charge in [-0.05, 0) is 62.1 Å². The zero-order valence-corrected chi connectivity index (χ0v) is 18.0. The van der Waals surface area contributed by atoms with Crippen molar-refractivity contribution in [3.8, 4) is 0 Å². The topological polar surface area (TPSA) is 92.8 Å². The number of carbonyl (C=O) groups is 2. The molecule has 1 aliphatic rings. The number of aryl methyl sites for hydroxylation is 1. The monoisotopic (exact) mass is 430 g/mol. The van der Waals surface area contributed by atoms with Crippen LogP contribution in [0, 0.1) is 13.8 Å². The lowest BCUT2D eigenvalue weighted by Gasteiger charge is -2.25. The largest absolute Gasteiger partial charge is 0.452 e. The fourth-order valence-corrected chi connectivity index (χ4v) is 4.89. The van der Waals surface area contributed by atoms with Crippen molar-refractivity contribution in [2.45, 2.75) is 38.0 Å². The highest BCUT2D eigenvalue weighted by atomic mass is 32.2. The van der Waals surface area contributed by atoms with E-state index in [0.717, 1.165) is 30.4 Å². The summed E-state index contributed by atoms with van der Waals surface area (Å²) in [6.07, 6.45) is 2.68. The molecule has 0 radical (unpaired) electrons. The molecule has 0 atom stereocenters. The summed E-state index contributed by atoms with van der Waals surface area (Å²) in [4.78, 5) is 24.6. The quantitative estimate of drug-likeness (QED) is 0.710. The molecule has 2 aromatic rings. The number of sulfonamides is 1. The number of hydrogen-bond acceptors (Lipinski definition) is 5. The molecular formula is C22H26N2O5S. The molecule has 3 rings (SSSR count). The zero-order chi connectivity index (χ0) is 21.7. The first-order valence-electron chi connectivity index (χ1n) is 9.92. The van der Waals surface area contributed by atoms with Gasteiger partial charge in [0.25, 0.3) is 5.91 Å². The van der Waals surface area contributed by atoms with Gasteiger partial charge >= 0.3 is 5.97 Å². The van der Waals surface area contributed by atoms with Crippen LogP contribution in [0.15, 0.2) is 47.4 Å². The van der Waals surface area contributed by atoms with Gasteiger partial charge in [0.2, 0.25) is 10.0 Å². The van der Waals surface area contributed by atoms with Crippen molar-refractivity contribution in [1.29, 1.82) is 0 Å². The number of ether oxygens (including phenoxy) is 1. The Hall–Kier alpha value is -2.71. The Kier molecular flexibility index (Phi) is 6.89. The van der Waals surface area contributed by atoms with Crippen LogP contribution >= 0.6 is 0 Å². The highest BCUT2D eigenvalue weighted by Crippen LogP contribution is 2.22. The maximum atomic E-state index is 12.8. The average Bonchev–Trinajstić information content (AvgIpc) is 2.76. The molecule has 8 heteroatoms. The summed E-state index contributed by atoms with van der Waals surface area (Å²) < 4.78 is 32.1. The molecule has 0 aromatic heterocycles. The van der Waals surface area contributed by atoms with Crippen LogP contribution in [0.1, 0.15) is 40.7 Å². The summed E-state index contributed by atoms with van der Waals surface area (Å²) in [6.45, 7) is 4.33. The van der Waals surface area contributed by atoms with E-state index in [2.05, 4.69) is 5.32 Å². The van der Waals surface area contributed by atoms with Crippen LogP contribution in [0.4, 0.5) is 5.69 Å². The number of esters is 1. The van der Waals surface area contributed by atoms with Crippen molar-refractivity contribution in [2.24, 2.45) is 0 Å². The summed E-state index contributed by atoms with van der Waals surface area (Å²) in [5.74, 6) is -1.21. The Labute approximate surface area is 177 Å². The van der Waals surface area contributed by atoms with Gasteiger partial charge in [0.1, 0.15) is 0 Å². The van der Waals surface area contributed by atoms with Gasteiger partial charge in [-0.1, -0.05) is 24.6 Å². The maximum absolute atomic E-state index is 12.8. The minimum Gasteiger partial charge on any atom is -0.452 e. The molecule has 1 fully saturated rings. The SMILES string of the molecule is Cc1cccc(NC(=O)COC(=O)c2cccc(S(=O)(=O)N3CCCCC3)c2)c1C. The number of piperidine rings is 1. The number of rotatable bonds is 6. The summed E-state index contributed by atoms with van der Waals surface area (Å²) >= 11 is 0. The van der Waals surface area contributed by atoms with E-state index in [-0.39, 0.29) is 10.5 Å². The number of carbonyl (C=O) groups excluding carboxylic acids is 2. The number of nitrogens with zero attached hydrogens (tertiary/aromatic N) is 1. The summed E-state index contributed by atoms with van der Waals surface area (Å²) in [6, 6.07) is 11.3. The molecule has 1 saturated heterocycles. The molecule has 0 spiro atoms. The number of nitrogens with one attached hydrogen (secondary N) is 1. The highest BCUT2D eigenvalue weighted by Gasteiger charge is 2.26. The Balaban J connectivity index is 1.64. The first kappa shape index (κ1) is 22.0. The van der Waals surface area contributed by atoms with E-state index >= 15 is 0 Å². The van der Waals surface area contributed by atoms with Crippen molar-refractivity contribution in [3.05, 3.63) is 59.2 Å². The molecule has 1 aliphatic heterocycles. The number of anilines is 1. The van der Waals surface area contributed by atoms with E-state index in [9.17, 15) is 18.0 Å². The number of benzene rings is 2. The van der Waals surface area contributed by atoms with E-state index in [1.807, 2.05) is 26.0 Å². The Morgan fingerprint density at radius 3 is 2.47 bits per heavy atom. The fourth-order valence-electron chi connectivity index (χ4n) is 3.33. The Morgan fingerprint density at radius 2 is 1.73 bits per heavy atom. The van der Waals surface area contributed by atoms with Gasteiger partial charge in [-0.2, -0.15) is 4.31 Å². The van der Waals surface area contributed by atoms with Crippen molar-refractivity contribution >= 4 is 27.6 Å². The molecule has 1 heterocycles. The number of amides is 1. The van der Waals surface area contributed by atoms with E-state index in [0.29, 0.717) is 18.8 Å². The molecule has 1 amide bonds. The predicted octanol–water partition coefficient (Wildman–Crippen LogP) is 3.27. The van der Waals surface area contributed by atoms with Crippen molar-refractivity contribution in [3.63, 3.8) is 0 Å². The summed E-state index contributed by atoms with van der Waals surface area (Å²) in [5, 5.41) is 2.72. The van der Waals surface area contributed by atoms with E-state index in [1.165, 1.54) is 28.6 Å². The second-order valence-electron chi connectivity index (χ2n) is 7.36. The lowest BCUT2D eigenvalue weighted by atomic mass is 10.1. The molecule has 0 saturated carbocycles. The molecule has 160 valence electrons. The van der Waals surface area contributed by atoms with E-state index in [4.69, 9.17) is 4.74 Å². The minimum absolute atomic E-state index is 0.0543. The predicted molar refractivity (Wildman–Crippen MR) is 114 cm³/mol. The lowest BCUT2D eigenvalue weighted by Crippen LogP contribution is -2.35. The second kappa shape index (κ2) is 9.40. The third-order valence-corrected chi connectivity index (χ3v) is 7.13. The van der Waals surface area contributed by atoms with Crippen LogP contribution in [0.2, 0.25) is 0 Å². The van der Waals surface area contributed by atoms with Gasteiger partial charge in [0, 0.05) is 18.8 Å². The molecule has 0 unspecified atom stereocenters. The fraction of sp³-hybridized carbons (Fsp3) is 0.364. The Bertz CT molecular complexity index is 1040. The standard InChI is InChI=1S/C22H26N2O5S/c1-16-8-6-11-20(17(16)2)23-21(25)15-29-22(26)18-9-7-10-19(14-18)30(27,28)24-12-4-3-5-13-24/h6-11,14H,3-5,12-13,15H2,1-2H3,(H,23,25). The van der Waals surface area contributed by atoms with Gasteiger partial charge in [-0.25, -0.2) is 13.2 Å². The van der Waals surface area contributed by atoms with Gasteiger partial charge in [0.15, 0.2) is 6.61 Å². The van der Waals surface area contributed by atoms with Crippen LogP contribution < -0.4 is 5.32 Å². The van der Waals surface area contributed by atoms with Crippen LogP contribution in [-0.2, 0) is 19.6 Å². The average molecular weight is 431 g/mol. The van der Waals surface area contributed by atoms with Gasteiger partial charge in [-0.15, -0.1) is 0 Å². The third-order valence-electron chi connectivity index (χ3n) is 5.24. The maximum Gasteiger partial charge on any atom is 0.338 e. The molecular weight excluding hydrogens is 404 g/mol. The summed E-state index contributed by atoms with van der Waals surface area (Å²) in [7, 11) is -3.65. The lowest BCUT2D eigenvalue weighted by molar-refractivity contribution is -0.119. The van der Waals surface area contributed by atoms with E-state index < -0.39 is 28.5 Å². The molecule has 30 heavy (non-hydrogen) atoms. The van der Waals surface area contributed by atoms with E-state index in [1.54, 1.807) is 6.07 Å². The molecule has 2 aromatic carbocycles. The normalized spacial score (nSPS) is 14.9. The first-order valence-corrected chi connectivity index (χ1v) is 11.4. The summed E-state index contributed by atoms with van der Waals surface area (Å²) in [5.41, 5.74) is 2.72. The van der Waals surface area contributed by atoms with Gasteiger partial charge in [-0.3, -0.25) is 4.79 Å². The van der Waals surface area contributed by atoms with Crippen LogP contribution in [-0.4, -0.2) is 44.3 Å². The Morgan fingerprint density at radius 1 is 1.03 bits per heavy atom. The van der Waals surface area contributed by atoms with Crippen LogP contribution in [0.5, 0.6) is 0 Å². The zero-order valence-electron chi connectivity index (χ0n) is 17.2. The van der Waals surface area contributed by atoms with Crippen LogP contribution in [0.3, 0.4) is 0 Å². The number of hydrogen-bond donors (Lipinski definition) is 1. The van der Waals surface area contributed by atoms with Crippen LogP contribution in [0.25, 0.3) is 0 Å². The minimum atomic E-state index is -3.65. The molecule has 0 bridgehead atoms. The first-order chi connectivity index (χ1) is 14.3.